The van der Waals surface area contributed by atoms with Crippen molar-refractivity contribution in [3.63, 3.8) is 0 Å². The van der Waals surface area contributed by atoms with Crippen LogP contribution >= 0.6 is 11.6 Å². The highest BCUT2D eigenvalue weighted by Crippen LogP contribution is 2.40. The van der Waals surface area contributed by atoms with Crippen LogP contribution in [0.3, 0.4) is 0 Å². The van der Waals surface area contributed by atoms with Crippen molar-refractivity contribution < 1.29 is 4.74 Å². The van der Waals surface area contributed by atoms with E-state index < -0.39 is 0 Å². The summed E-state index contributed by atoms with van der Waals surface area (Å²) in [5, 5.41) is 0.483. The first-order valence-corrected chi connectivity index (χ1v) is 5.88. The molecular formula is C13H12ClN2O. The highest BCUT2D eigenvalue weighted by Gasteiger charge is 2.25. The van der Waals surface area contributed by atoms with Crippen LogP contribution in [0.1, 0.15) is 18.4 Å². The van der Waals surface area contributed by atoms with Crippen molar-refractivity contribution >= 4 is 11.6 Å². The number of hydrogen-bond acceptors (Lipinski definition) is 2. The summed E-state index contributed by atoms with van der Waals surface area (Å²) < 4.78 is 7.25. The quantitative estimate of drug-likeness (QED) is 0.833. The third-order valence-electron chi connectivity index (χ3n) is 2.92. The molecule has 0 saturated heterocycles. The van der Waals surface area contributed by atoms with Crippen LogP contribution in [0, 0.1) is 5.92 Å². The predicted molar refractivity (Wildman–Crippen MR) is 66.7 cm³/mol. The molecule has 87 valence electrons. The first-order valence-electron chi connectivity index (χ1n) is 5.51. The van der Waals surface area contributed by atoms with Gasteiger partial charge in [-0.15, -0.1) is 0 Å². The maximum absolute atomic E-state index is 5.84. The minimum absolute atomic E-state index is 0.483. The van der Waals surface area contributed by atoms with E-state index in [-0.39, 0.29) is 0 Å². The molecule has 1 aliphatic rings. The Bertz CT molecular complexity index is 546. The molecule has 3 nitrogen and oxygen atoms in total. The monoisotopic (exact) mass is 247 g/mol. The van der Waals surface area contributed by atoms with E-state index >= 15 is 0 Å². The van der Waals surface area contributed by atoms with Crippen LogP contribution in [0.4, 0.5) is 0 Å². The molecule has 2 aromatic rings. The van der Waals surface area contributed by atoms with Gasteiger partial charge in [-0.25, -0.2) is 4.98 Å². The lowest BCUT2D eigenvalue weighted by Gasteiger charge is -2.10. The number of benzene rings is 1. The number of halogens is 1. The minimum Gasteiger partial charge on any atom is -0.495 e. The Kier molecular flexibility index (Phi) is 2.56. The Hall–Kier alpha value is -1.48. The molecular weight excluding hydrogens is 236 g/mol. The largest absolute Gasteiger partial charge is 0.495 e. The summed E-state index contributed by atoms with van der Waals surface area (Å²) in [5.74, 6) is 2.32. The van der Waals surface area contributed by atoms with Gasteiger partial charge in [-0.3, -0.25) is 0 Å². The normalized spacial score (nSPS) is 14.9. The van der Waals surface area contributed by atoms with Crippen molar-refractivity contribution in [1.29, 1.82) is 0 Å². The smallest absolute Gasteiger partial charge is 0.147 e. The van der Waals surface area contributed by atoms with E-state index in [4.69, 9.17) is 16.3 Å². The Morgan fingerprint density at radius 2 is 2.18 bits per heavy atom. The Morgan fingerprint density at radius 1 is 1.35 bits per heavy atom. The molecule has 1 aliphatic carbocycles. The summed E-state index contributed by atoms with van der Waals surface area (Å²) in [6.07, 6.45) is 5.88. The summed E-state index contributed by atoms with van der Waals surface area (Å²) in [7, 11) is 1.67. The van der Waals surface area contributed by atoms with Crippen molar-refractivity contribution in [3.05, 3.63) is 47.4 Å². The van der Waals surface area contributed by atoms with Gasteiger partial charge >= 0.3 is 0 Å². The second-order valence-electron chi connectivity index (χ2n) is 4.09. The van der Waals surface area contributed by atoms with Crippen LogP contribution in [-0.2, 0) is 0 Å². The molecule has 0 bridgehead atoms. The lowest BCUT2D eigenvalue weighted by molar-refractivity contribution is 0.413. The molecule has 1 saturated carbocycles. The molecule has 0 spiro atoms. The molecule has 1 aromatic heterocycles. The molecule has 0 aliphatic heterocycles. The maximum atomic E-state index is 5.84. The van der Waals surface area contributed by atoms with Gasteiger partial charge in [0.1, 0.15) is 17.2 Å². The van der Waals surface area contributed by atoms with Crippen LogP contribution in [0.5, 0.6) is 5.75 Å². The van der Waals surface area contributed by atoms with Crippen molar-refractivity contribution in [3.8, 4) is 11.4 Å². The average molecular weight is 248 g/mol. The van der Waals surface area contributed by atoms with Gasteiger partial charge in [0.25, 0.3) is 0 Å². The van der Waals surface area contributed by atoms with Crippen LogP contribution in [-0.4, -0.2) is 16.7 Å². The fourth-order valence-electron chi connectivity index (χ4n) is 1.89. The molecule has 1 radical (unpaired) electrons. The number of aromatic nitrogens is 2. The Labute approximate surface area is 105 Å². The summed E-state index contributed by atoms with van der Waals surface area (Å²) >= 11 is 5.84. The molecule has 0 unspecified atom stereocenters. The van der Waals surface area contributed by atoms with Crippen molar-refractivity contribution in [2.75, 3.05) is 7.11 Å². The van der Waals surface area contributed by atoms with Gasteiger partial charge in [0.2, 0.25) is 0 Å². The van der Waals surface area contributed by atoms with E-state index in [1.165, 1.54) is 24.3 Å². The standard InChI is InChI=1S/C13H12ClN2O/c1-17-12-5-4-10(9-2-3-9)6-11(12)16-7-13(14)15-8-16/h4-8H,2-3H2,1H3. The Morgan fingerprint density at radius 3 is 2.76 bits per heavy atom. The number of ether oxygens (including phenoxy) is 1. The number of methoxy groups -OCH3 is 1. The molecule has 1 heterocycles. The van der Waals surface area contributed by atoms with Gasteiger partial charge in [0, 0.05) is 12.1 Å². The fourth-order valence-corrected chi connectivity index (χ4v) is 2.04. The van der Waals surface area contributed by atoms with Crippen molar-refractivity contribution in [1.82, 2.24) is 9.55 Å². The zero-order valence-corrected chi connectivity index (χ0v) is 10.2. The average Bonchev–Trinajstić information content (AvgIpc) is 3.11. The third-order valence-corrected chi connectivity index (χ3v) is 3.11. The van der Waals surface area contributed by atoms with E-state index in [9.17, 15) is 0 Å². The molecule has 0 N–H and O–H groups in total. The van der Waals surface area contributed by atoms with Crippen LogP contribution in [0.15, 0.2) is 30.7 Å². The summed E-state index contributed by atoms with van der Waals surface area (Å²) in [6.45, 7) is 0. The molecule has 0 atom stereocenters. The van der Waals surface area contributed by atoms with E-state index in [1.807, 2.05) is 10.6 Å². The molecule has 0 amide bonds. The van der Waals surface area contributed by atoms with Crippen LogP contribution in [0.2, 0.25) is 5.15 Å². The van der Waals surface area contributed by atoms with Crippen LogP contribution < -0.4 is 4.74 Å². The van der Waals surface area contributed by atoms with Gasteiger partial charge in [0.15, 0.2) is 0 Å². The van der Waals surface area contributed by atoms with E-state index in [0.29, 0.717) is 5.15 Å². The number of hydrogen-bond donors (Lipinski definition) is 0. The van der Waals surface area contributed by atoms with Gasteiger partial charge in [-0.2, -0.15) is 0 Å². The molecule has 1 fully saturated rings. The highest BCUT2D eigenvalue weighted by molar-refractivity contribution is 6.29. The van der Waals surface area contributed by atoms with E-state index in [2.05, 4.69) is 17.1 Å². The SMILES string of the molecule is COc1ccc([C]2CC2)cc1-n1cnc(Cl)c1. The summed E-state index contributed by atoms with van der Waals surface area (Å²) in [6, 6.07) is 6.21. The number of rotatable bonds is 3. The van der Waals surface area contributed by atoms with Gasteiger partial charge < -0.3 is 9.30 Å². The minimum atomic E-state index is 0.483. The van der Waals surface area contributed by atoms with E-state index in [1.54, 1.807) is 19.6 Å². The zero-order valence-electron chi connectivity index (χ0n) is 9.48. The Balaban J connectivity index is 2.08. The fraction of sp³-hybridized carbons (Fsp3) is 0.231. The lowest BCUT2D eigenvalue weighted by atomic mass is 10.1. The molecule has 3 rings (SSSR count). The van der Waals surface area contributed by atoms with E-state index in [0.717, 1.165) is 11.4 Å². The topological polar surface area (TPSA) is 27.1 Å². The van der Waals surface area contributed by atoms with Gasteiger partial charge in [-0.05, 0) is 30.5 Å². The van der Waals surface area contributed by atoms with Gasteiger partial charge in [-0.1, -0.05) is 17.7 Å². The summed E-state index contributed by atoms with van der Waals surface area (Å²) in [5.41, 5.74) is 2.26. The molecule has 17 heavy (non-hydrogen) atoms. The van der Waals surface area contributed by atoms with Crippen molar-refractivity contribution in [2.45, 2.75) is 12.8 Å². The van der Waals surface area contributed by atoms with Crippen LogP contribution in [0.25, 0.3) is 5.69 Å². The number of imidazole rings is 1. The second-order valence-corrected chi connectivity index (χ2v) is 4.48. The zero-order chi connectivity index (χ0) is 11.8. The third kappa shape index (κ3) is 2.03. The highest BCUT2D eigenvalue weighted by atomic mass is 35.5. The lowest BCUT2D eigenvalue weighted by Crippen LogP contribution is -1.97. The molecule has 1 aromatic carbocycles. The summed E-state index contributed by atoms with van der Waals surface area (Å²) in [4.78, 5) is 4.02. The number of nitrogens with zero attached hydrogens (tertiary/aromatic N) is 2. The van der Waals surface area contributed by atoms with Crippen molar-refractivity contribution in [2.24, 2.45) is 0 Å². The van der Waals surface area contributed by atoms with Gasteiger partial charge in [0.05, 0.1) is 12.8 Å². The first-order chi connectivity index (χ1) is 8.28. The maximum Gasteiger partial charge on any atom is 0.147 e. The second kappa shape index (κ2) is 4.08. The first kappa shape index (κ1) is 10.7. The molecule has 4 heteroatoms. The predicted octanol–water partition coefficient (Wildman–Crippen LogP) is 3.25.